The molecule has 0 heterocycles. The first-order valence-electron chi connectivity index (χ1n) is 2.40. The second kappa shape index (κ2) is 5.83. The summed E-state index contributed by atoms with van der Waals surface area (Å²) in [5, 5.41) is 0. The van der Waals surface area contributed by atoms with Crippen LogP contribution in [0.3, 0.4) is 0 Å². The van der Waals surface area contributed by atoms with Gasteiger partial charge < -0.3 is 0 Å². The Balaban J connectivity index is 2.34. The molecule has 0 saturated carbocycles. The van der Waals surface area contributed by atoms with Crippen molar-refractivity contribution in [3.8, 4) is 0 Å². The van der Waals surface area contributed by atoms with Crippen LogP contribution >= 0.6 is 0 Å². The Morgan fingerprint density at radius 1 is 1.67 bits per heavy atom. The predicted octanol–water partition coefficient (Wildman–Crippen LogP) is 0.351. The molecule has 1 nitrogen and oxygen atoms in total. The van der Waals surface area contributed by atoms with E-state index in [2.05, 4.69) is 6.92 Å². The van der Waals surface area contributed by atoms with Crippen molar-refractivity contribution < 1.29 is 2.85 Å². The molecule has 0 spiro atoms. The number of hydrogen-bond acceptors (Lipinski definition) is 1. The van der Waals surface area contributed by atoms with Gasteiger partial charge in [0.05, 0.1) is 0 Å². The molecule has 0 radical (unpaired) electrons. The maximum atomic E-state index is 4.99. The summed E-state index contributed by atoms with van der Waals surface area (Å²) < 4.78 is 4.99. The molecule has 0 aromatic carbocycles. The predicted molar refractivity (Wildman–Crippen MR) is 29.4 cm³/mol. The quantitative estimate of drug-likeness (QED) is 0.583. The van der Waals surface area contributed by atoms with E-state index in [-0.39, 0.29) is 0 Å². The van der Waals surface area contributed by atoms with Crippen LogP contribution in [0.2, 0.25) is 0 Å². The first kappa shape index (κ1) is 6.83. The standard InChI is InChI=1S/C4H9O.In.2H/c1-2-3-4-5;;;/h2-4H2,1H3;;;/q-1;+1;;. The molecule has 0 aliphatic heterocycles. The van der Waals surface area contributed by atoms with E-state index in [1.807, 2.05) is 0 Å². The summed E-state index contributed by atoms with van der Waals surface area (Å²) in [5.41, 5.74) is 0. The zero-order chi connectivity index (χ0) is 4.83. The molecule has 0 aromatic rings. The number of rotatable bonds is 3. The van der Waals surface area contributed by atoms with Gasteiger partial charge in [0.2, 0.25) is 0 Å². The van der Waals surface area contributed by atoms with Crippen LogP contribution in [0.1, 0.15) is 19.8 Å². The van der Waals surface area contributed by atoms with Crippen molar-refractivity contribution in [2.24, 2.45) is 0 Å². The Morgan fingerprint density at radius 3 is 2.50 bits per heavy atom. The molecule has 36 valence electrons. The van der Waals surface area contributed by atoms with Crippen LogP contribution in [0.4, 0.5) is 0 Å². The first-order valence-corrected chi connectivity index (χ1v) is 4.73. The van der Waals surface area contributed by atoms with Gasteiger partial charge in [0.25, 0.3) is 0 Å². The average molecular weight is 190 g/mol. The minimum absolute atomic E-state index is 0.479. The van der Waals surface area contributed by atoms with Crippen LogP contribution in [0.5, 0.6) is 0 Å². The van der Waals surface area contributed by atoms with E-state index in [1.54, 1.807) is 0 Å². The number of unbranched alkanes of at least 4 members (excludes halogenated alkanes) is 1. The summed E-state index contributed by atoms with van der Waals surface area (Å²) in [5.74, 6) is 0. The van der Waals surface area contributed by atoms with Crippen LogP contribution in [0.15, 0.2) is 0 Å². The Kier molecular flexibility index (Phi) is 6.64. The molecule has 6 heavy (non-hydrogen) atoms. The topological polar surface area (TPSA) is 9.23 Å². The summed E-state index contributed by atoms with van der Waals surface area (Å²) in [6.45, 7) is 3.18. The van der Waals surface area contributed by atoms with Crippen molar-refractivity contribution in [3.05, 3.63) is 0 Å². The molecule has 0 unspecified atom stereocenters. The molecule has 0 aromatic heterocycles. The zero-order valence-corrected chi connectivity index (χ0v) is 10.2. The fourth-order valence-corrected chi connectivity index (χ4v) is 1.11. The van der Waals surface area contributed by atoms with E-state index < -0.39 is 0 Å². The summed E-state index contributed by atoms with van der Waals surface area (Å²) in [6, 6.07) is 0. The first-order chi connectivity index (χ1) is 2.91. The molecule has 0 bridgehead atoms. The van der Waals surface area contributed by atoms with E-state index in [0.717, 1.165) is 6.61 Å². The van der Waals surface area contributed by atoms with E-state index in [9.17, 15) is 0 Å². The van der Waals surface area contributed by atoms with Crippen molar-refractivity contribution >= 4 is 24.8 Å². The summed E-state index contributed by atoms with van der Waals surface area (Å²) in [7, 11) is 0. The van der Waals surface area contributed by atoms with Gasteiger partial charge >= 0.3 is 54.0 Å². The third-order valence-corrected chi connectivity index (χ3v) is 1.87. The molecule has 0 fully saturated rings. The van der Waals surface area contributed by atoms with Gasteiger partial charge in [-0.15, -0.1) is 0 Å². The van der Waals surface area contributed by atoms with Gasteiger partial charge in [-0.25, -0.2) is 0 Å². The SMILES string of the molecule is CCCC[O][InH2]. The number of hydrogen-bond donors (Lipinski definition) is 0. The molecule has 0 N–H and O–H groups in total. The van der Waals surface area contributed by atoms with Crippen molar-refractivity contribution in [1.29, 1.82) is 0 Å². The van der Waals surface area contributed by atoms with E-state index >= 15 is 0 Å². The summed E-state index contributed by atoms with van der Waals surface area (Å²) in [6.07, 6.45) is 2.51. The van der Waals surface area contributed by atoms with Gasteiger partial charge in [0.1, 0.15) is 0 Å². The maximum absolute atomic E-state index is 4.99. The molecular weight excluding hydrogens is 179 g/mol. The van der Waals surface area contributed by atoms with Gasteiger partial charge in [0.15, 0.2) is 0 Å². The van der Waals surface area contributed by atoms with Crippen LogP contribution in [-0.4, -0.2) is 31.4 Å². The van der Waals surface area contributed by atoms with Gasteiger partial charge in [-0.2, -0.15) is 0 Å². The third-order valence-electron chi connectivity index (χ3n) is 0.702. The summed E-state index contributed by atoms with van der Waals surface area (Å²) in [4.78, 5) is 0. The fraction of sp³-hybridized carbons (Fsp3) is 1.00. The van der Waals surface area contributed by atoms with E-state index in [0.29, 0.717) is 24.8 Å². The molecule has 2 heteroatoms. The molecule has 0 amide bonds. The second-order valence-corrected chi connectivity index (χ2v) is 2.99. The van der Waals surface area contributed by atoms with Crippen molar-refractivity contribution in [2.75, 3.05) is 6.61 Å². The fourth-order valence-electron chi connectivity index (χ4n) is 0.289. The van der Waals surface area contributed by atoms with Gasteiger partial charge in [-0.1, -0.05) is 0 Å². The Hall–Kier alpha value is 0.830. The van der Waals surface area contributed by atoms with Gasteiger partial charge in [-0.3, -0.25) is 0 Å². The summed E-state index contributed by atoms with van der Waals surface area (Å²) >= 11 is 0.479. The van der Waals surface area contributed by atoms with Gasteiger partial charge in [0, 0.05) is 0 Å². The van der Waals surface area contributed by atoms with E-state index in [1.165, 1.54) is 12.8 Å². The zero-order valence-electron chi connectivity index (χ0n) is 4.53. The second-order valence-electron chi connectivity index (χ2n) is 1.35. The van der Waals surface area contributed by atoms with Crippen molar-refractivity contribution in [2.45, 2.75) is 19.8 Å². The van der Waals surface area contributed by atoms with Crippen LogP contribution in [-0.2, 0) is 2.85 Å². The van der Waals surface area contributed by atoms with Crippen molar-refractivity contribution in [3.63, 3.8) is 0 Å². The van der Waals surface area contributed by atoms with Crippen LogP contribution in [0.25, 0.3) is 0 Å². The molecule has 0 rings (SSSR count). The Bertz CT molecular complexity index is 19.5. The normalized spacial score (nSPS) is 8.83. The van der Waals surface area contributed by atoms with E-state index in [4.69, 9.17) is 2.85 Å². The Labute approximate surface area is 54.3 Å². The third kappa shape index (κ3) is 4.83. The molecular formula is C4H11InO. The monoisotopic (exact) mass is 190 g/mol. The van der Waals surface area contributed by atoms with Crippen molar-refractivity contribution in [1.82, 2.24) is 0 Å². The minimum atomic E-state index is 0.479. The molecule has 0 aliphatic rings. The van der Waals surface area contributed by atoms with Crippen LogP contribution in [0, 0.1) is 0 Å². The van der Waals surface area contributed by atoms with Crippen LogP contribution < -0.4 is 0 Å². The Morgan fingerprint density at radius 2 is 2.33 bits per heavy atom. The average Bonchev–Trinajstić information content (AvgIpc) is 1.61. The molecule has 0 atom stereocenters. The molecule has 0 saturated heterocycles. The molecule has 0 aliphatic carbocycles. The van der Waals surface area contributed by atoms with Gasteiger partial charge in [-0.05, 0) is 0 Å².